The summed E-state index contributed by atoms with van der Waals surface area (Å²) in [5.41, 5.74) is 2.49. The van der Waals surface area contributed by atoms with Gasteiger partial charge in [0, 0.05) is 19.2 Å². The largest absolute Gasteiger partial charge is 0.492 e. The van der Waals surface area contributed by atoms with Crippen LogP contribution >= 0.6 is 0 Å². The Balaban J connectivity index is 1.81. The Bertz CT molecular complexity index is 397. The molecular formula is C17H27NO2. The van der Waals surface area contributed by atoms with Crippen LogP contribution in [0.5, 0.6) is 5.75 Å². The fourth-order valence-corrected chi connectivity index (χ4v) is 3.13. The molecule has 2 rings (SSSR count). The van der Waals surface area contributed by atoms with Crippen LogP contribution in [0.2, 0.25) is 0 Å². The highest BCUT2D eigenvalue weighted by Gasteiger charge is 2.21. The fourth-order valence-electron chi connectivity index (χ4n) is 3.13. The SMILES string of the molecule is Cc1cc(C)cc(OCCN2CCCCC2CCO)c1. The molecule has 3 heteroatoms. The Morgan fingerprint density at radius 1 is 1.20 bits per heavy atom. The van der Waals surface area contributed by atoms with Crippen LogP contribution in [0.4, 0.5) is 0 Å². The van der Waals surface area contributed by atoms with Gasteiger partial charge < -0.3 is 9.84 Å². The van der Waals surface area contributed by atoms with Gasteiger partial charge in [-0.1, -0.05) is 12.5 Å². The van der Waals surface area contributed by atoms with Gasteiger partial charge in [0.05, 0.1) is 0 Å². The van der Waals surface area contributed by atoms with E-state index in [1.807, 2.05) is 0 Å². The third kappa shape index (κ3) is 4.50. The third-order valence-electron chi connectivity index (χ3n) is 4.05. The molecule has 0 amide bonds. The Labute approximate surface area is 122 Å². The van der Waals surface area contributed by atoms with Gasteiger partial charge in [0.1, 0.15) is 12.4 Å². The second kappa shape index (κ2) is 7.65. The molecule has 1 aliphatic rings. The van der Waals surface area contributed by atoms with Crippen LogP contribution in [-0.2, 0) is 0 Å². The molecular weight excluding hydrogens is 250 g/mol. The van der Waals surface area contributed by atoms with E-state index in [0.717, 1.165) is 31.9 Å². The lowest BCUT2D eigenvalue weighted by Crippen LogP contribution is -2.42. The zero-order valence-corrected chi connectivity index (χ0v) is 12.8. The van der Waals surface area contributed by atoms with E-state index in [-0.39, 0.29) is 0 Å². The Kier molecular flexibility index (Phi) is 5.86. The van der Waals surface area contributed by atoms with Gasteiger partial charge in [0.25, 0.3) is 0 Å². The van der Waals surface area contributed by atoms with E-state index in [9.17, 15) is 0 Å². The number of aliphatic hydroxyl groups excluding tert-OH is 1. The van der Waals surface area contributed by atoms with Gasteiger partial charge in [-0.25, -0.2) is 0 Å². The summed E-state index contributed by atoms with van der Waals surface area (Å²) in [5, 5.41) is 9.14. The molecule has 20 heavy (non-hydrogen) atoms. The smallest absolute Gasteiger partial charge is 0.119 e. The Morgan fingerprint density at radius 3 is 2.65 bits per heavy atom. The lowest BCUT2D eigenvalue weighted by molar-refractivity contribution is 0.102. The Hall–Kier alpha value is -1.06. The van der Waals surface area contributed by atoms with E-state index < -0.39 is 0 Å². The lowest BCUT2D eigenvalue weighted by atomic mass is 10.00. The minimum Gasteiger partial charge on any atom is -0.492 e. The van der Waals surface area contributed by atoms with Gasteiger partial charge in [0.2, 0.25) is 0 Å². The molecule has 1 aromatic rings. The maximum atomic E-state index is 9.14. The minimum atomic E-state index is 0.291. The van der Waals surface area contributed by atoms with Gasteiger partial charge in [-0.15, -0.1) is 0 Å². The number of likely N-dealkylation sites (tertiary alicyclic amines) is 1. The van der Waals surface area contributed by atoms with Crippen LogP contribution in [0.3, 0.4) is 0 Å². The summed E-state index contributed by atoms with van der Waals surface area (Å²) in [6.45, 7) is 7.31. The number of hydrogen-bond donors (Lipinski definition) is 1. The van der Waals surface area contributed by atoms with Gasteiger partial charge in [0.15, 0.2) is 0 Å². The number of aliphatic hydroxyl groups is 1. The molecule has 1 aromatic carbocycles. The highest BCUT2D eigenvalue weighted by atomic mass is 16.5. The molecule has 1 saturated heterocycles. The standard InChI is InChI=1S/C17H27NO2/c1-14-11-15(2)13-17(12-14)20-10-8-18-7-4-3-5-16(18)6-9-19/h11-13,16,19H,3-10H2,1-2H3. The van der Waals surface area contributed by atoms with Crippen LogP contribution in [0, 0.1) is 13.8 Å². The molecule has 0 spiro atoms. The first-order valence-electron chi connectivity index (χ1n) is 7.75. The molecule has 112 valence electrons. The zero-order valence-electron chi connectivity index (χ0n) is 12.8. The maximum absolute atomic E-state index is 9.14. The van der Waals surface area contributed by atoms with Gasteiger partial charge in [-0.2, -0.15) is 0 Å². The van der Waals surface area contributed by atoms with Crippen molar-refractivity contribution in [3.8, 4) is 5.75 Å². The van der Waals surface area contributed by atoms with Crippen LogP contribution < -0.4 is 4.74 Å². The van der Waals surface area contributed by atoms with E-state index in [4.69, 9.17) is 9.84 Å². The van der Waals surface area contributed by atoms with Crippen LogP contribution in [0.1, 0.15) is 36.8 Å². The van der Waals surface area contributed by atoms with Crippen molar-refractivity contribution in [2.45, 2.75) is 45.6 Å². The highest BCUT2D eigenvalue weighted by Crippen LogP contribution is 2.20. The summed E-state index contributed by atoms with van der Waals surface area (Å²) in [6, 6.07) is 6.88. The number of rotatable bonds is 6. The monoisotopic (exact) mass is 277 g/mol. The van der Waals surface area contributed by atoms with E-state index in [1.54, 1.807) is 0 Å². The predicted molar refractivity (Wildman–Crippen MR) is 82.3 cm³/mol. The van der Waals surface area contributed by atoms with Crippen LogP contribution in [0.25, 0.3) is 0 Å². The van der Waals surface area contributed by atoms with Crippen molar-refractivity contribution in [2.24, 2.45) is 0 Å². The molecule has 0 radical (unpaired) electrons. The summed E-state index contributed by atoms with van der Waals surface area (Å²) in [4.78, 5) is 2.47. The normalized spacial score (nSPS) is 20.1. The second-order valence-electron chi connectivity index (χ2n) is 5.87. The molecule has 1 atom stereocenters. The van der Waals surface area contributed by atoms with Crippen molar-refractivity contribution < 1.29 is 9.84 Å². The zero-order chi connectivity index (χ0) is 14.4. The van der Waals surface area contributed by atoms with Gasteiger partial charge in [-0.05, 0) is 62.9 Å². The molecule has 0 aromatic heterocycles. The van der Waals surface area contributed by atoms with Gasteiger partial charge in [-0.3, -0.25) is 4.90 Å². The van der Waals surface area contributed by atoms with Crippen molar-refractivity contribution in [1.29, 1.82) is 0 Å². The molecule has 1 unspecified atom stereocenters. The number of ether oxygens (including phenoxy) is 1. The van der Waals surface area contributed by atoms with Crippen LogP contribution in [0.15, 0.2) is 18.2 Å². The van der Waals surface area contributed by atoms with E-state index in [2.05, 4.69) is 36.9 Å². The third-order valence-corrected chi connectivity index (χ3v) is 4.05. The highest BCUT2D eigenvalue weighted by molar-refractivity contribution is 5.32. The molecule has 1 N–H and O–H groups in total. The molecule has 1 fully saturated rings. The average molecular weight is 277 g/mol. The number of benzene rings is 1. The van der Waals surface area contributed by atoms with E-state index >= 15 is 0 Å². The van der Waals surface area contributed by atoms with Gasteiger partial charge >= 0.3 is 0 Å². The van der Waals surface area contributed by atoms with Crippen molar-refractivity contribution in [1.82, 2.24) is 4.90 Å². The first kappa shape index (κ1) is 15.3. The molecule has 3 nitrogen and oxygen atoms in total. The van der Waals surface area contributed by atoms with E-state index in [1.165, 1.54) is 30.4 Å². The molecule has 0 aliphatic carbocycles. The average Bonchev–Trinajstić information content (AvgIpc) is 2.40. The van der Waals surface area contributed by atoms with Crippen molar-refractivity contribution in [3.05, 3.63) is 29.3 Å². The number of hydrogen-bond acceptors (Lipinski definition) is 3. The summed E-state index contributed by atoms with van der Waals surface area (Å²) in [6.07, 6.45) is 4.66. The minimum absolute atomic E-state index is 0.291. The first-order valence-corrected chi connectivity index (χ1v) is 7.75. The van der Waals surface area contributed by atoms with Crippen molar-refractivity contribution >= 4 is 0 Å². The number of aryl methyl sites for hydroxylation is 2. The topological polar surface area (TPSA) is 32.7 Å². The molecule has 0 saturated carbocycles. The summed E-state index contributed by atoms with van der Waals surface area (Å²) in [5.74, 6) is 0.971. The van der Waals surface area contributed by atoms with Crippen LogP contribution in [-0.4, -0.2) is 42.4 Å². The van der Waals surface area contributed by atoms with Crippen molar-refractivity contribution in [3.63, 3.8) is 0 Å². The number of piperidine rings is 1. The Morgan fingerprint density at radius 2 is 1.95 bits per heavy atom. The lowest BCUT2D eigenvalue weighted by Gasteiger charge is -2.35. The fraction of sp³-hybridized carbons (Fsp3) is 0.647. The first-order chi connectivity index (χ1) is 9.69. The molecule has 0 bridgehead atoms. The number of nitrogens with zero attached hydrogens (tertiary/aromatic N) is 1. The second-order valence-corrected chi connectivity index (χ2v) is 5.87. The van der Waals surface area contributed by atoms with Crippen molar-refractivity contribution in [2.75, 3.05) is 26.3 Å². The summed E-state index contributed by atoms with van der Waals surface area (Å²) < 4.78 is 5.89. The maximum Gasteiger partial charge on any atom is 0.119 e. The summed E-state index contributed by atoms with van der Waals surface area (Å²) in [7, 11) is 0. The molecule has 1 heterocycles. The summed E-state index contributed by atoms with van der Waals surface area (Å²) >= 11 is 0. The quantitative estimate of drug-likeness (QED) is 0.868. The molecule has 1 aliphatic heterocycles. The van der Waals surface area contributed by atoms with E-state index in [0.29, 0.717) is 12.6 Å². The predicted octanol–water partition coefficient (Wildman–Crippen LogP) is 2.92.